The van der Waals surface area contributed by atoms with Crippen molar-refractivity contribution in [3.05, 3.63) is 33.8 Å². The van der Waals surface area contributed by atoms with E-state index in [1.807, 2.05) is 12.1 Å². The highest BCUT2D eigenvalue weighted by atomic mass is 127. The van der Waals surface area contributed by atoms with Crippen molar-refractivity contribution >= 4 is 53.1 Å². The lowest BCUT2D eigenvalue weighted by atomic mass is 10.1. The number of nitrogens with zero attached hydrogens (tertiary/aromatic N) is 2. The van der Waals surface area contributed by atoms with Crippen molar-refractivity contribution in [2.75, 3.05) is 46.5 Å². The van der Waals surface area contributed by atoms with E-state index in [0.29, 0.717) is 22.7 Å². The van der Waals surface area contributed by atoms with E-state index in [0.717, 1.165) is 70.1 Å². The number of guanidine groups is 1. The zero-order valence-electron chi connectivity index (χ0n) is 16.8. The second-order valence-corrected chi connectivity index (χ2v) is 7.54. The minimum atomic E-state index is 0. The molecule has 0 aromatic heterocycles. The van der Waals surface area contributed by atoms with Gasteiger partial charge in [-0.3, -0.25) is 4.99 Å². The second-order valence-electron chi connectivity index (χ2n) is 6.67. The first kappa shape index (κ1) is 25.8. The molecule has 1 aliphatic heterocycles. The van der Waals surface area contributed by atoms with Crippen LogP contribution in [0.5, 0.6) is 0 Å². The molecule has 1 N–H and O–H groups in total. The number of ether oxygens (including phenoxy) is 2. The molecule has 0 spiro atoms. The van der Waals surface area contributed by atoms with Crippen LogP contribution in [0.15, 0.2) is 23.2 Å². The van der Waals surface area contributed by atoms with E-state index in [2.05, 4.69) is 17.1 Å². The predicted octanol–water partition coefficient (Wildman–Crippen LogP) is 4.64. The van der Waals surface area contributed by atoms with Gasteiger partial charge in [-0.05, 0) is 56.4 Å². The lowest BCUT2D eigenvalue weighted by Gasteiger charge is -2.34. The average Bonchev–Trinajstić information content (AvgIpc) is 2.64. The standard InChI is InChI=1S/C20H31Cl2N3O2.HI/c1-3-23-20(24-8-5-16-13-17(21)15-18(22)14-16)25-9-6-19(7-10-25)27-12-4-11-26-2;/h13-15,19H,3-12H2,1-2H3,(H,23,24);1H. The van der Waals surface area contributed by atoms with E-state index in [1.165, 1.54) is 0 Å². The molecule has 2 rings (SSSR count). The summed E-state index contributed by atoms with van der Waals surface area (Å²) in [7, 11) is 1.72. The molecule has 0 amide bonds. The molecule has 1 aromatic carbocycles. The van der Waals surface area contributed by atoms with Crippen molar-refractivity contribution in [2.24, 2.45) is 4.99 Å². The van der Waals surface area contributed by atoms with Gasteiger partial charge in [-0.1, -0.05) is 23.2 Å². The normalized spacial score (nSPS) is 15.4. The van der Waals surface area contributed by atoms with Crippen LogP contribution in [0.4, 0.5) is 0 Å². The molecule has 0 atom stereocenters. The Hall–Kier alpha value is -0.280. The Bertz CT molecular complexity index is 577. The summed E-state index contributed by atoms with van der Waals surface area (Å²) in [5.41, 5.74) is 1.11. The van der Waals surface area contributed by atoms with Crippen LogP contribution in [0.25, 0.3) is 0 Å². The second kappa shape index (κ2) is 14.7. The third-order valence-electron chi connectivity index (χ3n) is 4.51. The summed E-state index contributed by atoms with van der Waals surface area (Å²) >= 11 is 12.1. The first-order valence-corrected chi connectivity index (χ1v) is 10.5. The molecule has 1 fully saturated rings. The minimum absolute atomic E-state index is 0. The summed E-state index contributed by atoms with van der Waals surface area (Å²) in [6.45, 7) is 7.11. The lowest BCUT2D eigenvalue weighted by molar-refractivity contribution is 0.00991. The maximum absolute atomic E-state index is 6.07. The molecule has 160 valence electrons. The quantitative estimate of drug-likeness (QED) is 0.213. The fourth-order valence-corrected chi connectivity index (χ4v) is 3.73. The van der Waals surface area contributed by atoms with Gasteiger partial charge in [-0.25, -0.2) is 0 Å². The van der Waals surface area contributed by atoms with Crippen LogP contribution >= 0.6 is 47.2 Å². The molecule has 0 unspecified atom stereocenters. The molecular weight excluding hydrogens is 512 g/mol. The molecule has 0 radical (unpaired) electrons. The Morgan fingerprint density at radius 2 is 1.86 bits per heavy atom. The van der Waals surface area contributed by atoms with Crippen molar-refractivity contribution in [1.82, 2.24) is 10.2 Å². The molecule has 28 heavy (non-hydrogen) atoms. The number of halogens is 3. The number of piperidine rings is 1. The van der Waals surface area contributed by atoms with Crippen LogP contribution < -0.4 is 5.32 Å². The minimum Gasteiger partial charge on any atom is -0.385 e. The zero-order chi connectivity index (χ0) is 19.5. The van der Waals surface area contributed by atoms with E-state index in [9.17, 15) is 0 Å². The van der Waals surface area contributed by atoms with Gasteiger partial charge in [0.1, 0.15) is 0 Å². The number of methoxy groups -OCH3 is 1. The zero-order valence-corrected chi connectivity index (χ0v) is 20.6. The Balaban J connectivity index is 0.00000392. The number of aliphatic imine (C=N–C) groups is 1. The van der Waals surface area contributed by atoms with Crippen LogP contribution in [-0.4, -0.2) is 63.5 Å². The number of rotatable bonds is 9. The molecular formula is C20H32Cl2IN3O2. The van der Waals surface area contributed by atoms with Crippen LogP contribution in [0, 0.1) is 0 Å². The van der Waals surface area contributed by atoms with Crippen LogP contribution in [0.3, 0.4) is 0 Å². The Morgan fingerprint density at radius 3 is 2.46 bits per heavy atom. The monoisotopic (exact) mass is 543 g/mol. The number of hydrogen-bond donors (Lipinski definition) is 1. The van der Waals surface area contributed by atoms with Crippen molar-refractivity contribution in [3.63, 3.8) is 0 Å². The molecule has 8 heteroatoms. The maximum Gasteiger partial charge on any atom is 0.193 e. The predicted molar refractivity (Wildman–Crippen MR) is 129 cm³/mol. The molecule has 1 aliphatic rings. The molecule has 1 aromatic rings. The highest BCUT2D eigenvalue weighted by molar-refractivity contribution is 14.0. The van der Waals surface area contributed by atoms with Crippen molar-refractivity contribution < 1.29 is 9.47 Å². The van der Waals surface area contributed by atoms with Crippen LogP contribution in [-0.2, 0) is 15.9 Å². The van der Waals surface area contributed by atoms with E-state index >= 15 is 0 Å². The van der Waals surface area contributed by atoms with Gasteiger partial charge >= 0.3 is 0 Å². The van der Waals surface area contributed by atoms with Gasteiger partial charge in [-0.15, -0.1) is 24.0 Å². The molecule has 0 aliphatic carbocycles. The first-order chi connectivity index (χ1) is 13.1. The summed E-state index contributed by atoms with van der Waals surface area (Å²) in [5.74, 6) is 0.975. The van der Waals surface area contributed by atoms with Gasteiger partial charge < -0.3 is 19.7 Å². The summed E-state index contributed by atoms with van der Waals surface area (Å²) in [6.07, 6.45) is 4.17. The highest BCUT2D eigenvalue weighted by Gasteiger charge is 2.21. The van der Waals surface area contributed by atoms with Crippen LogP contribution in [0.2, 0.25) is 10.0 Å². The van der Waals surface area contributed by atoms with Gasteiger partial charge in [0, 0.05) is 56.5 Å². The van der Waals surface area contributed by atoms with E-state index in [4.69, 9.17) is 37.7 Å². The summed E-state index contributed by atoms with van der Waals surface area (Å²) < 4.78 is 11.0. The van der Waals surface area contributed by atoms with E-state index < -0.39 is 0 Å². The van der Waals surface area contributed by atoms with Crippen molar-refractivity contribution in [1.29, 1.82) is 0 Å². The molecule has 0 saturated carbocycles. The fraction of sp³-hybridized carbons (Fsp3) is 0.650. The van der Waals surface area contributed by atoms with Crippen molar-refractivity contribution in [2.45, 2.75) is 38.7 Å². The fourth-order valence-electron chi connectivity index (χ4n) is 3.16. The third kappa shape index (κ3) is 9.48. The molecule has 0 bridgehead atoms. The first-order valence-electron chi connectivity index (χ1n) is 9.71. The van der Waals surface area contributed by atoms with Crippen molar-refractivity contribution in [3.8, 4) is 0 Å². The van der Waals surface area contributed by atoms with Gasteiger partial charge in [-0.2, -0.15) is 0 Å². The maximum atomic E-state index is 6.07. The van der Waals surface area contributed by atoms with Crippen LogP contribution in [0.1, 0.15) is 31.7 Å². The van der Waals surface area contributed by atoms with Gasteiger partial charge in [0.25, 0.3) is 0 Å². The summed E-state index contributed by atoms with van der Waals surface area (Å²) in [4.78, 5) is 7.11. The Labute approximate surface area is 196 Å². The number of nitrogens with one attached hydrogen (secondary N) is 1. The highest BCUT2D eigenvalue weighted by Crippen LogP contribution is 2.19. The Morgan fingerprint density at radius 1 is 1.18 bits per heavy atom. The van der Waals surface area contributed by atoms with Gasteiger partial charge in [0.05, 0.1) is 6.10 Å². The summed E-state index contributed by atoms with van der Waals surface area (Å²) in [5, 5.41) is 4.74. The topological polar surface area (TPSA) is 46.1 Å². The third-order valence-corrected chi connectivity index (χ3v) is 4.94. The molecule has 5 nitrogen and oxygen atoms in total. The number of likely N-dealkylation sites (tertiary alicyclic amines) is 1. The van der Waals surface area contributed by atoms with E-state index in [-0.39, 0.29) is 24.0 Å². The average molecular weight is 544 g/mol. The number of benzene rings is 1. The SMILES string of the molecule is CCNC(=NCCc1cc(Cl)cc(Cl)c1)N1CCC(OCCCOC)CC1.I. The lowest BCUT2D eigenvalue weighted by Crippen LogP contribution is -2.47. The number of hydrogen-bond acceptors (Lipinski definition) is 3. The van der Waals surface area contributed by atoms with Gasteiger partial charge in [0.15, 0.2) is 5.96 Å². The smallest absolute Gasteiger partial charge is 0.193 e. The summed E-state index contributed by atoms with van der Waals surface area (Å²) in [6, 6.07) is 5.64. The molecule has 1 heterocycles. The molecule has 1 saturated heterocycles. The largest absolute Gasteiger partial charge is 0.385 e. The Kier molecular flexibility index (Phi) is 13.5. The van der Waals surface area contributed by atoms with Gasteiger partial charge in [0.2, 0.25) is 0 Å². The van der Waals surface area contributed by atoms with E-state index in [1.54, 1.807) is 13.2 Å².